The van der Waals surface area contributed by atoms with Crippen molar-refractivity contribution in [1.29, 1.82) is 0 Å². The predicted octanol–water partition coefficient (Wildman–Crippen LogP) is 3.03. The molecule has 4 heteroatoms. The van der Waals surface area contributed by atoms with Gasteiger partial charge in [0.2, 0.25) is 5.91 Å². The summed E-state index contributed by atoms with van der Waals surface area (Å²) in [4.78, 5) is 13.1. The molecular weight excluding hydrogens is 314 g/mol. The van der Waals surface area contributed by atoms with E-state index in [1.54, 1.807) is 7.11 Å². The van der Waals surface area contributed by atoms with Gasteiger partial charge in [-0.2, -0.15) is 0 Å². The Morgan fingerprint density at radius 3 is 2.52 bits per heavy atom. The van der Waals surface area contributed by atoms with Gasteiger partial charge >= 0.3 is 0 Å². The van der Waals surface area contributed by atoms with Gasteiger partial charge in [-0.3, -0.25) is 4.79 Å². The molecule has 25 heavy (non-hydrogen) atoms. The standard InChI is InChI=1S/C21H29NO3/c1-20(2,16-5-4-6-17(9-16)25-3)19(23)22-18-14-7-13-8-15(18)12-21(24,10-13)11-14/h4-6,9,13-15,18,24H,7-8,10-12H2,1-3H3,(H,22,23)/t13?,14-,15-,18?,21?/m1/s1. The van der Waals surface area contributed by atoms with Crippen LogP contribution in [0.15, 0.2) is 24.3 Å². The van der Waals surface area contributed by atoms with Gasteiger partial charge in [-0.15, -0.1) is 0 Å². The van der Waals surface area contributed by atoms with Crippen molar-refractivity contribution in [3.8, 4) is 5.75 Å². The van der Waals surface area contributed by atoms with E-state index in [9.17, 15) is 9.90 Å². The molecule has 4 nitrogen and oxygen atoms in total. The van der Waals surface area contributed by atoms with Crippen molar-refractivity contribution in [3.63, 3.8) is 0 Å². The Bertz CT molecular complexity index is 667. The summed E-state index contributed by atoms with van der Waals surface area (Å²) >= 11 is 0. The van der Waals surface area contributed by atoms with Gasteiger partial charge in [0.15, 0.2) is 0 Å². The first-order chi connectivity index (χ1) is 11.8. The molecule has 0 aliphatic heterocycles. The van der Waals surface area contributed by atoms with Gasteiger partial charge in [-0.25, -0.2) is 0 Å². The smallest absolute Gasteiger partial charge is 0.230 e. The Morgan fingerprint density at radius 1 is 1.24 bits per heavy atom. The third-order valence-electron chi connectivity index (χ3n) is 6.90. The molecule has 2 N–H and O–H groups in total. The summed E-state index contributed by atoms with van der Waals surface area (Å²) in [6.07, 6.45) is 4.98. The molecule has 4 fully saturated rings. The topological polar surface area (TPSA) is 58.6 Å². The normalized spacial score (nSPS) is 36.3. The van der Waals surface area contributed by atoms with E-state index in [1.807, 2.05) is 38.1 Å². The molecule has 5 rings (SSSR count). The summed E-state index contributed by atoms with van der Waals surface area (Å²) in [7, 11) is 1.64. The second kappa shape index (κ2) is 5.73. The molecule has 2 atom stereocenters. The fourth-order valence-corrected chi connectivity index (χ4v) is 5.69. The van der Waals surface area contributed by atoms with Crippen LogP contribution >= 0.6 is 0 Å². The third-order valence-corrected chi connectivity index (χ3v) is 6.90. The summed E-state index contributed by atoms with van der Waals surface area (Å²) in [5.41, 5.74) is -0.105. The first-order valence-corrected chi connectivity index (χ1v) is 9.49. The highest BCUT2D eigenvalue weighted by Gasteiger charge is 2.55. The maximum Gasteiger partial charge on any atom is 0.230 e. The molecule has 0 saturated heterocycles. The molecule has 0 spiro atoms. The van der Waals surface area contributed by atoms with Crippen LogP contribution < -0.4 is 10.1 Å². The summed E-state index contributed by atoms with van der Waals surface area (Å²) < 4.78 is 5.31. The van der Waals surface area contributed by atoms with Crippen LogP contribution in [0.3, 0.4) is 0 Å². The maximum atomic E-state index is 13.1. The fourth-order valence-electron chi connectivity index (χ4n) is 5.69. The Kier molecular flexibility index (Phi) is 3.87. The molecule has 4 aliphatic rings. The summed E-state index contributed by atoms with van der Waals surface area (Å²) in [6.45, 7) is 3.95. The quantitative estimate of drug-likeness (QED) is 0.883. The minimum absolute atomic E-state index is 0.0743. The molecule has 0 heterocycles. The zero-order chi connectivity index (χ0) is 17.8. The second-order valence-electron chi connectivity index (χ2n) is 9.05. The number of benzene rings is 1. The monoisotopic (exact) mass is 343 g/mol. The SMILES string of the molecule is COc1cccc(C(C)(C)C(=O)NC2[C@@H]3CC4C[C@@H]2CC(O)(C4)C3)c1. The second-order valence-corrected chi connectivity index (χ2v) is 9.05. The first kappa shape index (κ1) is 16.9. The molecule has 4 aliphatic carbocycles. The largest absolute Gasteiger partial charge is 0.497 e. The van der Waals surface area contributed by atoms with Crippen molar-refractivity contribution in [2.75, 3.05) is 7.11 Å². The summed E-state index contributed by atoms with van der Waals surface area (Å²) in [5, 5.41) is 14.1. The Balaban J connectivity index is 1.51. The van der Waals surface area contributed by atoms with E-state index in [0.29, 0.717) is 17.8 Å². The van der Waals surface area contributed by atoms with Gasteiger partial charge in [0, 0.05) is 6.04 Å². The predicted molar refractivity (Wildman–Crippen MR) is 96.5 cm³/mol. The number of rotatable bonds is 4. The van der Waals surface area contributed by atoms with Crippen LogP contribution in [0.25, 0.3) is 0 Å². The molecule has 0 aromatic heterocycles. The van der Waals surface area contributed by atoms with Crippen LogP contribution in [0.5, 0.6) is 5.75 Å². The van der Waals surface area contributed by atoms with E-state index >= 15 is 0 Å². The van der Waals surface area contributed by atoms with Gasteiger partial charge in [0.1, 0.15) is 5.75 Å². The first-order valence-electron chi connectivity index (χ1n) is 9.49. The number of carbonyl (C=O) groups is 1. The number of amides is 1. The Hall–Kier alpha value is -1.55. The van der Waals surface area contributed by atoms with Crippen molar-refractivity contribution in [2.24, 2.45) is 17.8 Å². The summed E-state index contributed by atoms with van der Waals surface area (Å²) in [5.74, 6) is 2.37. The van der Waals surface area contributed by atoms with Gasteiger partial charge in [0.25, 0.3) is 0 Å². The number of hydrogen-bond donors (Lipinski definition) is 2. The van der Waals surface area contributed by atoms with Crippen LogP contribution in [0.1, 0.15) is 51.5 Å². The minimum Gasteiger partial charge on any atom is -0.497 e. The van der Waals surface area contributed by atoms with Gasteiger partial charge < -0.3 is 15.2 Å². The number of ether oxygens (including phenoxy) is 1. The highest BCUT2D eigenvalue weighted by atomic mass is 16.5. The Labute approximate surface area is 150 Å². The lowest BCUT2D eigenvalue weighted by Gasteiger charge is -2.58. The number of carbonyl (C=O) groups excluding carboxylic acids is 1. The third kappa shape index (κ3) is 2.84. The van der Waals surface area contributed by atoms with Crippen molar-refractivity contribution in [1.82, 2.24) is 5.32 Å². The zero-order valence-corrected chi connectivity index (χ0v) is 15.4. The minimum atomic E-state index is -0.611. The molecule has 136 valence electrons. The lowest BCUT2D eigenvalue weighted by atomic mass is 9.52. The van der Waals surface area contributed by atoms with E-state index in [2.05, 4.69) is 5.32 Å². The van der Waals surface area contributed by atoms with Gasteiger partial charge in [0.05, 0.1) is 18.1 Å². The number of aliphatic hydroxyl groups is 1. The highest BCUT2D eigenvalue weighted by Crippen LogP contribution is 2.55. The number of nitrogens with one attached hydrogen (secondary N) is 1. The van der Waals surface area contributed by atoms with Crippen LogP contribution in [-0.4, -0.2) is 29.8 Å². The van der Waals surface area contributed by atoms with Crippen molar-refractivity contribution in [2.45, 2.75) is 63.0 Å². The van der Waals surface area contributed by atoms with E-state index in [4.69, 9.17) is 4.74 Å². The molecular formula is C21H29NO3. The molecule has 0 radical (unpaired) electrons. The molecule has 1 amide bonds. The van der Waals surface area contributed by atoms with E-state index in [1.165, 1.54) is 0 Å². The van der Waals surface area contributed by atoms with Crippen LogP contribution in [0.4, 0.5) is 0 Å². The summed E-state index contributed by atoms with van der Waals surface area (Å²) in [6, 6.07) is 7.98. The zero-order valence-electron chi connectivity index (χ0n) is 15.4. The lowest BCUT2D eigenvalue weighted by molar-refractivity contribution is -0.148. The van der Waals surface area contributed by atoms with E-state index < -0.39 is 11.0 Å². The molecule has 0 unspecified atom stereocenters. The van der Waals surface area contributed by atoms with Crippen molar-refractivity contribution >= 4 is 5.91 Å². The lowest BCUT2D eigenvalue weighted by Crippen LogP contribution is -2.62. The fraction of sp³-hybridized carbons (Fsp3) is 0.667. The van der Waals surface area contributed by atoms with Gasteiger partial charge in [-0.05, 0) is 81.4 Å². The van der Waals surface area contributed by atoms with Gasteiger partial charge in [-0.1, -0.05) is 12.1 Å². The number of methoxy groups -OCH3 is 1. The molecule has 4 saturated carbocycles. The van der Waals surface area contributed by atoms with E-state index in [0.717, 1.165) is 43.4 Å². The number of hydrogen-bond acceptors (Lipinski definition) is 3. The van der Waals surface area contributed by atoms with Crippen LogP contribution in [-0.2, 0) is 10.2 Å². The maximum absolute atomic E-state index is 13.1. The van der Waals surface area contributed by atoms with Crippen LogP contribution in [0, 0.1) is 17.8 Å². The molecule has 1 aromatic carbocycles. The highest BCUT2D eigenvalue weighted by molar-refractivity contribution is 5.87. The molecule has 1 aromatic rings. The average molecular weight is 343 g/mol. The van der Waals surface area contributed by atoms with E-state index in [-0.39, 0.29) is 11.9 Å². The van der Waals surface area contributed by atoms with Crippen molar-refractivity contribution < 1.29 is 14.6 Å². The Morgan fingerprint density at radius 2 is 1.92 bits per heavy atom. The average Bonchev–Trinajstić information content (AvgIpc) is 2.56. The van der Waals surface area contributed by atoms with Crippen LogP contribution in [0.2, 0.25) is 0 Å². The van der Waals surface area contributed by atoms with Crippen molar-refractivity contribution in [3.05, 3.63) is 29.8 Å². The molecule has 4 bridgehead atoms.